The summed E-state index contributed by atoms with van der Waals surface area (Å²) >= 11 is 0. The van der Waals surface area contributed by atoms with E-state index in [1.807, 2.05) is 0 Å². The third kappa shape index (κ3) is 2.25. The lowest BCUT2D eigenvalue weighted by molar-refractivity contribution is -0.136. The molecule has 0 aromatic heterocycles. The number of rotatable bonds is 1. The van der Waals surface area contributed by atoms with E-state index in [9.17, 15) is 13.2 Å². The molecule has 0 spiro atoms. The van der Waals surface area contributed by atoms with Crippen LogP contribution in [0.1, 0.15) is 5.56 Å². The standard InChI is InChI=1S/C13H10F3N/c14-13(15,16)11-8-4-7-10(12(11)17)9-5-2-1-3-6-9/h1-8H,17H2. The van der Waals surface area contributed by atoms with Crippen molar-refractivity contribution >= 4 is 5.69 Å². The van der Waals surface area contributed by atoms with Gasteiger partial charge in [0.2, 0.25) is 0 Å². The molecule has 2 aromatic rings. The van der Waals surface area contributed by atoms with Gasteiger partial charge in [-0.15, -0.1) is 0 Å². The number of alkyl halides is 3. The minimum absolute atomic E-state index is 0.230. The molecule has 0 saturated carbocycles. The number of hydrogen-bond acceptors (Lipinski definition) is 1. The molecule has 2 aromatic carbocycles. The predicted molar refractivity (Wildman–Crippen MR) is 61.3 cm³/mol. The maximum Gasteiger partial charge on any atom is 0.418 e. The topological polar surface area (TPSA) is 26.0 Å². The Kier molecular flexibility index (Phi) is 2.79. The number of halogens is 3. The van der Waals surface area contributed by atoms with Gasteiger partial charge in [-0.3, -0.25) is 0 Å². The summed E-state index contributed by atoms with van der Waals surface area (Å²) in [5.74, 6) is 0. The van der Waals surface area contributed by atoms with Crippen LogP contribution in [-0.2, 0) is 6.18 Å². The molecule has 2 rings (SSSR count). The van der Waals surface area contributed by atoms with Crippen molar-refractivity contribution in [1.82, 2.24) is 0 Å². The second-order valence-corrected chi connectivity index (χ2v) is 3.63. The average molecular weight is 237 g/mol. The molecule has 4 heteroatoms. The van der Waals surface area contributed by atoms with Gasteiger partial charge in [0.05, 0.1) is 11.3 Å². The Balaban J connectivity index is 2.58. The Morgan fingerprint density at radius 1 is 0.824 bits per heavy atom. The molecule has 0 atom stereocenters. The fourth-order valence-corrected chi connectivity index (χ4v) is 1.68. The minimum atomic E-state index is -4.42. The Hall–Kier alpha value is -1.97. The van der Waals surface area contributed by atoms with Crippen molar-refractivity contribution in [2.45, 2.75) is 6.18 Å². The third-order valence-electron chi connectivity index (χ3n) is 2.50. The van der Waals surface area contributed by atoms with Crippen molar-refractivity contribution in [2.24, 2.45) is 0 Å². The molecule has 0 saturated heterocycles. The summed E-state index contributed by atoms with van der Waals surface area (Å²) in [7, 11) is 0. The van der Waals surface area contributed by atoms with Crippen molar-refractivity contribution < 1.29 is 13.2 Å². The number of benzene rings is 2. The van der Waals surface area contributed by atoms with E-state index in [-0.39, 0.29) is 5.69 Å². The van der Waals surface area contributed by atoms with Crippen LogP contribution in [0.4, 0.5) is 18.9 Å². The van der Waals surface area contributed by atoms with Gasteiger partial charge in [0, 0.05) is 5.56 Å². The zero-order valence-electron chi connectivity index (χ0n) is 8.83. The van der Waals surface area contributed by atoms with Crippen LogP contribution < -0.4 is 5.73 Å². The van der Waals surface area contributed by atoms with Crippen LogP contribution in [0.5, 0.6) is 0 Å². The summed E-state index contributed by atoms with van der Waals surface area (Å²) in [5, 5.41) is 0. The fourth-order valence-electron chi connectivity index (χ4n) is 1.68. The first-order valence-electron chi connectivity index (χ1n) is 5.01. The van der Waals surface area contributed by atoms with Gasteiger partial charge in [0.25, 0.3) is 0 Å². The number of hydrogen-bond donors (Lipinski definition) is 1. The summed E-state index contributed by atoms with van der Waals surface area (Å²) < 4.78 is 38.0. The SMILES string of the molecule is Nc1c(-c2ccccc2)cccc1C(F)(F)F. The first-order valence-corrected chi connectivity index (χ1v) is 5.01. The highest BCUT2D eigenvalue weighted by atomic mass is 19.4. The van der Waals surface area contributed by atoms with Crippen molar-refractivity contribution in [3.05, 3.63) is 54.1 Å². The molecular weight excluding hydrogens is 227 g/mol. The van der Waals surface area contributed by atoms with Crippen molar-refractivity contribution in [3.63, 3.8) is 0 Å². The average Bonchev–Trinajstić information content (AvgIpc) is 2.29. The van der Waals surface area contributed by atoms with Crippen LogP contribution >= 0.6 is 0 Å². The van der Waals surface area contributed by atoms with E-state index in [0.717, 1.165) is 6.07 Å². The molecule has 0 radical (unpaired) electrons. The van der Waals surface area contributed by atoms with Crippen molar-refractivity contribution in [2.75, 3.05) is 5.73 Å². The van der Waals surface area contributed by atoms with E-state index >= 15 is 0 Å². The molecule has 0 amide bonds. The van der Waals surface area contributed by atoms with E-state index < -0.39 is 11.7 Å². The van der Waals surface area contributed by atoms with Gasteiger partial charge < -0.3 is 5.73 Å². The quantitative estimate of drug-likeness (QED) is 0.746. The molecule has 2 N–H and O–H groups in total. The molecule has 0 bridgehead atoms. The van der Waals surface area contributed by atoms with Gasteiger partial charge in [0.15, 0.2) is 0 Å². The highest BCUT2D eigenvalue weighted by Crippen LogP contribution is 2.38. The van der Waals surface area contributed by atoms with Gasteiger partial charge in [-0.25, -0.2) is 0 Å². The largest absolute Gasteiger partial charge is 0.418 e. The Labute approximate surface area is 96.7 Å². The highest BCUT2D eigenvalue weighted by Gasteiger charge is 2.33. The fraction of sp³-hybridized carbons (Fsp3) is 0.0769. The Morgan fingerprint density at radius 3 is 2.06 bits per heavy atom. The normalized spacial score (nSPS) is 11.5. The van der Waals surface area contributed by atoms with E-state index in [1.54, 1.807) is 36.4 Å². The first kappa shape index (κ1) is 11.5. The summed E-state index contributed by atoms with van der Waals surface area (Å²) in [6.45, 7) is 0. The summed E-state index contributed by atoms with van der Waals surface area (Å²) in [4.78, 5) is 0. The lowest BCUT2D eigenvalue weighted by Gasteiger charge is -2.13. The highest BCUT2D eigenvalue weighted by molar-refractivity contribution is 5.78. The van der Waals surface area contributed by atoms with E-state index in [1.165, 1.54) is 6.07 Å². The lowest BCUT2D eigenvalue weighted by atomic mass is 10.0. The van der Waals surface area contributed by atoms with Gasteiger partial charge in [-0.05, 0) is 11.6 Å². The van der Waals surface area contributed by atoms with Gasteiger partial charge in [-0.1, -0.05) is 42.5 Å². The first-order chi connectivity index (χ1) is 8.00. The summed E-state index contributed by atoms with van der Waals surface area (Å²) in [5.41, 5.74) is 5.64. The van der Waals surface area contributed by atoms with Crippen LogP contribution in [0.25, 0.3) is 11.1 Å². The van der Waals surface area contributed by atoms with E-state index in [4.69, 9.17) is 5.73 Å². The Morgan fingerprint density at radius 2 is 1.47 bits per heavy atom. The van der Waals surface area contributed by atoms with E-state index in [2.05, 4.69) is 0 Å². The Bertz CT molecular complexity index is 518. The van der Waals surface area contributed by atoms with Crippen LogP contribution in [0.2, 0.25) is 0 Å². The van der Waals surface area contributed by atoms with Gasteiger partial charge in [-0.2, -0.15) is 13.2 Å². The second-order valence-electron chi connectivity index (χ2n) is 3.63. The number of anilines is 1. The smallest absolute Gasteiger partial charge is 0.398 e. The number of nitrogen functional groups attached to an aromatic ring is 1. The molecule has 0 heterocycles. The monoisotopic (exact) mass is 237 g/mol. The summed E-state index contributed by atoms with van der Waals surface area (Å²) in [6, 6.07) is 12.7. The molecule has 17 heavy (non-hydrogen) atoms. The summed E-state index contributed by atoms with van der Waals surface area (Å²) in [6.07, 6.45) is -4.42. The van der Waals surface area contributed by atoms with Crippen molar-refractivity contribution in [1.29, 1.82) is 0 Å². The zero-order chi connectivity index (χ0) is 12.5. The molecule has 0 fully saturated rings. The molecule has 1 nitrogen and oxygen atoms in total. The maximum absolute atomic E-state index is 12.7. The second kappa shape index (κ2) is 4.13. The van der Waals surface area contributed by atoms with Crippen LogP contribution in [0.3, 0.4) is 0 Å². The van der Waals surface area contributed by atoms with Crippen LogP contribution in [0.15, 0.2) is 48.5 Å². The van der Waals surface area contributed by atoms with Gasteiger partial charge in [0.1, 0.15) is 0 Å². The molecule has 0 aliphatic carbocycles. The molecule has 0 aliphatic rings. The van der Waals surface area contributed by atoms with Crippen LogP contribution in [0, 0.1) is 0 Å². The molecular formula is C13H10F3N. The lowest BCUT2D eigenvalue weighted by Crippen LogP contribution is -2.09. The molecule has 88 valence electrons. The predicted octanol–water partition coefficient (Wildman–Crippen LogP) is 3.95. The maximum atomic E-state index is 12.7. The van der Waals surface area contributed by atoms with Crippen LogP contribution in [-0.4, -0.2) is 0 Å². The molecule has 0 unspecified atom stereocenters. The zero-order valence-corrected chi connectivity index (χ0v) is 8.83. The van der Waals surface area contributed by atoms with Crippen molar-refractivity contribution in [3.8, 4) is 11.1 Å². The molecule has 0 aliphatic heterocycles. The van der Waals surface area contributed by atoms with E-state index in [0.29, 0.717) is 11.1 Å². The minimum Gasteiger partial charge on any atom is -0.398 e. The number of nitrogens with two attached hydrogens (primary N) is 1. The van der Waals surface area contributed by atoms with Gasteiger partial charge >= 0.3 is 6.18 Å². The number of para-hydroxylation sites is 1. The third-order valence-corrected chi connectivity index (χ3v) is 2.50.